The number of aromatic hydroxyl groups is 5. The Bertz CT molecular complexity index is 956. The molecular formula is C15H10O7. The molecule has 0 saturated heterocycles. The van der Waals surface area contributed by atoms with E-state index in [0.717, 1.165) is 30.5 Å². The molecule has 0 atom stereocenters. The van der Waals surface area contributed by atoms with Crippen LogP contribution in [0.5, 0.6) is 28.7 Å². The molecule has 0 spiro atoms. The van der Waals surface area contributed by atoms with Crippen molar-refractivity contribution in [3.63, 3.8) is 0 Å². The highest BCUT2D eigenvalue weighted by Crippen LogP contribution is 2.38. The summed E-state index contributed by atoms with van der Waals surface area (Å²) in [6, 6.07) is 4.03. The van der Waals surface area contributed by atoms with Gasteiger partial charge >= 0.3 is 0 Å². The van der Waals surface area contributed by atoms with Gasteiger partial charge in [0.2, 0.25) is 5.43 Å². The first kappa shape index (κ1) is 13.6. The maximum Gasteiger partial charge on any atom is 0.200 e. The monoisotopic (exact) mass is 302 g/mol. The van der Waals surface area contributed by atoms with E-state index in [4.69, 9.17) is 4.42 Å². The summed E-state index contributed by atoms with van der Waals surface area (Å²) >= 11 is 0. The van der Waals surface area contributed by atoms with Crippen LogP contribution >= 0.6 is 0 Å². The molecule has 0 amide bonds. The Kier molecular flexibility index (Phi) is 2.84. The molecule has 5 N–H and O–H groups in total. The highest BCUT2D eigenvalue weighted by Gasteiger charge is 2.16. The Labute approximate surface area is 122 Å². The fraction of sp³-hybridized carbons (Fsp3) is 0. The third-order valence-corrected chi connectivity index (χ3v) is 3.25. The minimum atomic E-state index is -0.586. The lowest BCUT2D eigenvalue weighted by molar-refractivity contribution is 0.397. The van der Waals surface area contributed by atoms with E-state index in [9.17, 15) is 30.3 Å². The summed E-state index contributed by atoms with van der Waals surface area (Å²) in [5.74, 6) is -2.40. The molecular weight excluding hydrogens is 292 g/mol. The second-order valence-corrected chi connectivity index (χ2v) is 4.67. The van der Waals surface area contributed by atoms with Crippen molar-refractivity contribution in [3.8, 4) is 39.9 Å². The largest absolute Gasteiger partial charge is 0.507 e. The molecule has 0 aliphatic rings. The minimum absolute atomic E-state index is 0.0141. The summed E-state index contributed by atoms with van der Waals surface area (Å²) in [6.07, 6.45) is 1.05. The molecule has 3 aromatic rings. The quantitative estimate of drug-likeness (QED) is 0.343. The van der Waals surface area contributed by atoms with Gasteiger partial charge in [-0.1, -0.05) is 0 Å². The number of benzene rings is 2. The molecule has 0 fully saturated rings. The standard InChI is InChI=1S/C15H10O7/c16-9-3-12(19)10(17)1-6(9)8-5-22-14-4-13(20)11(18)2-7(14)15(8)21/h1-5,16-20H. The first-order chi connectivity index (χ1) is 10.4. The van der Waals surface area contributed by atoms with E-state index >= 15 is 0 Å². The Morgan fingerprint density at radius 1 is 0.682 bits per heavy atom. The first-order valence-corrected chi connectivity index (χ1v) is 6.11. The van der Waals surface area contributed by atoms with Crippen molar-refractivity contribution in [2.45, 2.75) is 0 Å². The summed E-state index contributed by atoms with van der Waals surface area (Å²) < 4.78 is 5.21. The van der Waals surface area contributed by atoms with Crippen LogP contribution in [0.25, 0.3) is 22.1 Å². The average Bonchev–Trinajstić information content (AvgIpc) is 2.46. The van der Waals surface area contributed by atoms with Crippen molar-refractivity contribution in [1.29, 1.82) is 0 Å². The van der Waals surface area contributed by atoms with Gasteiger partial charge < -0.3 is 29.9 Å². The molecule has 0 bridgehead atoms. The number of rotatable bonds is 1. The van der Waals surface area contributed by atoms with E-state index in [1.54, 1.807) is 0 Å². The Balaban J connectivity index is 2.34. The fourth-order valence-corrected chi connectivity index (χ4v) is 2.12. The first-order valence-electron chi connectivity index (χ1n) is 6.11. The number of phenols is 5. The molecule has 0 aliphatic heterocycles. The zero-order chi connectivity index (χ0) is 16.0. The maximum atomic E-state index is 12.4. The molecule has 7 nitrogen and oxygen atoms in total. The van der Waals surface area contributed by atoms with E-state index in [1.807, 2.05) is 0 Å². The van der Waals surface area contributed by atoms with Crippen molar-refractivity contribution in [3.05, 3.63) is 40.8 Å². The lowest BCUT2D eigenvalue weighted by Crippen LogP contribution is -2.04. The average molecular weight is 302 g/mol. The Hall–Kier alpha value is -3.35. The van der Waals surface area contributed by atoms with Gasteiger partial charge in [0.25, 0.3) is 0 Å². The predicted octanol–water partition coefficient (Wildman–Crippen LogP) is 1.99. The van der Waals surface area contributed by atoms with Crippen LogP contribution in [0.15, 0.2) is 39.7 Å². The molecule has 0 radical (unpaired) electrons. The van der Waals surface area contributed by atoms with Crippen LogP contribution in [0.1, 0.15) is 0 Å². The van der Waals surface area contributed by atoms with E-state index in [0.29, 0.717) is 0 Å². The molecule has 1 aromatic heterocycles. The van der Waals surface area contributed by atoms with Crippen molar-refractivity contribution < 1.29 is 29.9 Å². The zero-order valence-corrected chi connectivity index (χ0v) is 10.9. The van der Waals surface area contributed by atoms with Crippen LogP contribution in [0, 0.1) is 0 Å². The smallest absolute Gasteiger partial charge is 0.200 e. The zero-order valence-electron chi connectivity index (χ0n) is 10.9. The van der Waals surface area contributed by atoms with Gasteiger partial charge in [-0.15, -0.1) is 0 Å². The number of hydrogen-bond acceptors (Lipinski definition) is 7. The molecule has 0 saturated carbocycles. The lowest BCUT2D eigenvalue weighted by Gasteiger charge is -2.07. The molecule has 22 heavy (non-hydrogen) atoms. The van der Waals surface area contributed by atoms with Crippen LogP contribution < -0.4 is 5.43 Å². The second-order valence-electron chi connectivity index (χ2n) is 4.67. The Morgan fingerprint density at radius 2 is 1.27 bits per heavy atom. The summed E-state index contributed by atoms with van der Waals surface area (Å²) in [7, 11) is 0. The number of phenolic OH excluding ortho intramolecular Hbond substituents is 5. The predicted molar refractivity (Wildman–Crippen MR) is 76.2 cm³/mol. The van der Waals surface area contributed by atoms with E-state index in [1.165, 1.54) is 0 Å². The minimum Gasteiger partial charge on any atom is -0.507 e. The maximum absolute atomic E-state index is 12.4. The number of hydrogen-bond donors (Lipinski definition) is 5. The molecule has 0 aliphatic carbocycles. The van der Waals surface area contributed by atoms with E-state index < -0.39 is 34.2 Å². The van der Waals surface area contributed by atoms with Crippen LogP contribution in [0.3, 0.4) is 0 Å². The number of fused-ring (bicyclic) bond motifs is 1. The summed E-state index contributed by atoms with van der Waals surface area (Å²) in [5.41, 5.74) is -0.660. The van der Waals surface area contributed by atoms with Crippen molar-refractivity contribution in [2.75, 3.05) is 0 Å². The molecule has 0 unspecified atom stereocenters. The van der Waals surface area contributed by atoms with Gasteiger partial charge in [-0.2, -0.15) is 0 Å². The summed E-state index contributed by atoms with van der Waals surface area (Å²) in [5, 5.41) is 47.5. The van der Waals surface area contributed by atoms with Gasteiger partial charge in [0.15, 0.2) is 23.0 Å². The SMILES string of the molecule is O=c1c(-c2cc(O)c(O)cc2O)coc2cc(O)c(O)cc12. The highest BCUT2D eigenvalue weighted by atomic mass is 16.3. The van der Waals surface area contributed by atoms with Crippen molar-refractivity contribution in [1.82, 2.24) is 0 Å². The third kappa shape index (κ3) is 1.96. The van der Waals surface area contributed by atoms with Gasteiger partial charge in [-0.05, 0) is 12.1 Å². The summed E-state index contributed by atoms with van der Waals surface area (Å²) in [6.45, 7) is 0. The molecule has 7 heteroatoms. The normalized spacial score (nSPS) is 10.9. The van der Waals surface area contributed by atoms with Crippen LogP contribution in [0.4, 0.5) is 0 Å². The van der Waals surface area contributed by atoms with Gasteiger partial charge in [0, 0.05) is 17.7 Å². The van der Waals surface area contributed by atoms with Crippen LogP contribution in [-0.4, -0.2) is 25.5 Å². The van der Waals surface area contributed by atoms with E-state index in [-0.39, 0.29) is 22.1 Å². The highest BCUT2D eigenvalue weighted by molar-refractivity contribution is 5.85. The topological polar surface area (TPSA) is 131 Å². The van der Waals surface area contributed by atoms with Gasteiger partial charge in [0.05, 0.1) is 10.9 Å². The summed E-state index contributed by atoms with van der Waals surface area (Å²) in [4.78, 5) is 12.4. The molecule has 1 heterocycles. The molecule has 112 valence electrons. The van der Waals surface area contributed by atoms with Gasteiger partial charge in [-0.25, -0.2) is 0 Å². The molecule has 3 rings (SSSR count). The third-order valence-electron chi connectivity index (χ3n) is 3.25. The van der Waals surface area contributed by atoms with Gasteiger partial charge in [0.1, 0.15) is 17.6 Å². The fourth-order valence-electron chi connectivity index (χ4n) is 2.12. The Morgan fingerprint density at radius 3 is 2.00 bits per heavy atom. The molecule has 2 aromatic carbocycles. The lowest BCUT2D eigenvalue weighted by atomic mass is 10.0. The van der Waals surface area contributed by atoms with Gasteiger partial charge in [-0.3, -0.25) is 4.79 Å². The van der Waals surface area contributed by atoms with E-state index in [2.05, 4.69) is 0 Å². The van der Waals surface area contributed by atoms with Crippen LogP contribution in [0.2, 0.25) is 0 Å². The van der Waals surface area contributed by atoms with Crippen LogP contribution in [-0.2, 0) is 0 Å². The second kappa shape index (κ2) is 4.59. The van der Waals surface area contributed by atoms with Crippen molar-refractivity contribution >= 4 is 11.0 Å². The van der Waals surface area contributed by atoms with Crippen molar-refractivity contribution in [2.24, 2.45) is 0 Å².